The Labute approximate surface area is 216 Å². The summed E-state index contributed by atoms with van der Waals surface area (Å²) in [5, 5.41) is 9.28. The lowest BCUT2D eigenvalue weighted by molar-refractivity contribution is 0.102. The maximum Gasteiger partial charge on any atom is 0.191 e. The summed E-state index contributed by atoms with van der Waals surface area (Å²) in [7, 11) is 0. The molecule has 1 saturated carbocycles. The number of Topliss-reactive ketones (excluding diaryl/α,β-unsaturated/α-hetero) is 1. The molecule has 1 aliphatic rings. The molecule has 0 saturated heterocycles. The minimum atomic E-state index is -0.337. The standard InChI is InChI=1S/C30H30FN3OS/c31-27-14-8-7-13-26(27)29-32-33-30(34(29)20-19-22-9-3-1-4-10-22)36-21-28(35)25-17-15-24(16-18-25)23-11-5-2-6-12-23/h1,3-4,7-10,13-18,23H,2,5-6,11-12,19-21H2. The zero-order valence-electron chi connectivity index (χ0n) is 20.3. The maximum absolute atomic E-state index is 14.6. The molecule has 184 valence electrons. The molecule has 0 aliphatic heterocycles. The van der Waals surface area contributed by atoms with E-state index < -0.39 is 0 Å². The van der Waals surface area contributed by atoms with Crippen molar-refractivity contribution in [3.8, 4) is 11.4 Å². The number of hydrogen-bond acceptors (Lipinski definition) is 4. The van der Waals surface area contributed by atoms with E-state index in [0.717, 1.165) is 6.42 Å². The normalized spacial score (nSPS) is 14.1. The van der Waals surface area contributed by atoms with Crippen molar-refractivity contribution in [2.24, 2.45) is 0 Å². The fraction of sp³-hybridized carbons (Fsp3) is 0.300. The second kappa shape index (κ2) is 11.7. The smallest absolute Gasteiger partial charge is 0.191 e. The third-order valence-electron chi connectivity index (χ3n) is 6.94. The highest BCUT2D eigenvalue weighted by atomic mass is 32.2. The summed E-state index contributed by atoms with van der Waals surface area (Å²) in [6.45, 7) is 0.591. The van der Waals surface area contributed by atoms with Crippen LogP contribution in [0.15, 0.2) is 84.0 Å². The summed E-state index contributed by atoms with van der Waals surface area (Å²) in [5.41, 5.74) is 3.64. The van der Waals surface area contributed by atoms with E-state index in [2.05, 4.69) is 34.5 Å². The first-order valence-electron chi connectivity index (χ1n) is 12.7. The van der Waals surface area contributed by atoms with Crippen LogP contribution in [0.2, 0.25) is 0 Å². The molecule has 5 rings (SSSR count). The molecule has 0 radical (unpaired) electrons. The average molecular weight is 500 g/mol. The molecule has 3 aromatic carbocycles. The largest absolute Gasteiger partial charge is 0.302 e. The van der Waals surface area contributed by atoms with Gasteiger partial charge in [0.25, 0.3) is 0 Å². The molecule has 0 amide bonds. The van der Waals surface area contributed by atoms with Crippen molar-refractivity contribution >= 4 is 17.5 Å². The number of benzene rings is 3. The topological polar surface area (TPSA) is 47.8 Å². The monoisotopic (exact) mass is 499 g/mol. The molecule has 1 fully saturated rings. The fourth-order valence-corrected chi connectivity index (χ4v) is 5.77. The van der Waals surface area contributed by atoms with Gasteiger partial charge in [0.1, 0.15) is 5.82 Å². The average Bonchev–Trinajstić information content (AvgIpc) is 3.34. The molecular formula is C30H30FN3OS. The molecule has 4 aromatic rings. The number of aryl methyl sites for hydroxylation is 1. The van der Waals surface area contributed by atoms with Crippen LogP contribution in [0.1, 0.15) is 59.5 Å². The van der Waals surface area contributed by atoms with Crippen LogP contribution in [0.4, 0.5) is 4.39 Å². The Bertz CT molecular complexity index is 1300. The molecule has 1 heterocycles. The summed E-state index contributed by atoms with van der Waals surface area (Å²) in [4.78, 5) is 13.0. The Balaban J connectivity index is 1.31. The lowest BCUT2D eigenvalue weighted by Gasteiger charge is -2.22. The molecule has 36 heavy (non-hydrogen) atoms. The second-order valence-corrected chi connectivity index (χ2v) is 10.3. The number of hydrogen-bond donors (Lipinski definition) is 0. The van der Waals surface area contributed by atoms with Crippen LogP contribution in [0, 0.1) is 5.82 Å². The Kier molecular flexibility index (Phi) is 7.91. The first-order valence-corrected chi connectivity index (χ1v) is 13.7. The van der Waals surface area contributed by atoms with Crippen LogP contribution in [0.25, 0.3) is 11.4 Å². The molecule has 4 nitrogen and oxygen atoms in total. The van der Waals surface area contributed by atoms with Gasteiger partial charge >= 0.3 is 0 Å². The first kappa shape index (κ1) is 24.4. The van der Waals surface area contributed by atoms with Gasteiger partial charge in [-0.05, 0) is 48.4 Å². The number of thioether (sulfide) groups is 1. The Morgan fingerprint density at radius 3 is 2.36 bits per heavy atom. The number of ketones is 1. The van der Waals surface area contributed by atoms with E-state index in [9.17, 15) is 9.18 Å². The first-order chi connectivity index (χ1) is 17.7. The zero-order chi connectivity index (χ0) is 24.7. The van der Waals surface area contributed by atoms with Crippen LogP contribution in [-0.2, 0) is 13.0 Å². The van der Waals surface area contributed by atoms with Crippen molar-refractivity contribution in [1.29, 1.82) is 0 Å². The summed E-state index contributed by atoms with van der Waals surface area (Å²) in [5.74, 6) is 1.08. The van der Waals surface area contributed by atoms with E-state index in [4.69, 9.17) is 0 Å². The van der Waals surface area contributed by atoms with Crippen molar-refractivity contribution < 1.29 is 9.18 Å². The van der Waals surface area contributed by atoms with Gasteiger partial charge in [-0.1, -0.05) is 97.8 Å². The number of carbonyl (C=O) groups excluding carboxylic acids is 1. The SMILES string of the molecule is O=C(CSc1nnc(-c2ccccc2F)n1CCc1ccccc1)c1ccc(C2CCCCC2)cc1. The van der Waals surface area contributed by atoms with Crippen molar-refractivity contribution in [1.82, 2.24) is 14.8 Å². The van der Waals surface area contributed by atoms with Gasteiger partial charge in [-0.25, -0.2) is 4.39 Å². The van der Waals surface area contributed by atoms with E-state index in [0.29, 0.717) is 34.6 Å². The highest BCUT2D eigenvalue weighted by Crippen LogP contribution is 2.33. The van der Waals surface area contributed by atoms with E-state index >= 15 is 0 Å². The molecular weight excluding hydrogens is 469 g/mol. The van der Waals surface area contributed by atoms with Gasteiger partial charge in [0.2, 0.25) is 0 Å². The van der Waals surface area contributed by atoms with Crippen LogP contribution >= 0.6 is 11.8 Å². The second-order valence-electron chi connectivity index (χ2n) is 9.34. The molecule has 1 aliphatic carbocycles. The van der Waals surface area contributed by atoms with E-state index in [1.165, 1.54) is 61.1 Å². The summed E-state index contributed by atoms with van der Waals surface area (Å²) < 4.78 is 16.5. The van der Waals surface area contributed by atoms with Gasteiger partial charge in [0.05, 0.1) is 11.3 Å². The highest BCUT2D eigenvalue weighted by molar-refractivity contribution is 7.99. The van der Waals surface area contributed by atoms with Crippen molar-refractivity contribution in [2.45, 2.75) is 56.1 Å². The Hall–Kier alpha value is -3.25. The van der Waals surface area contributed by atoms with Gasteiger partial charge in [-0.3, -0.25) is 4.79 Å². The van der Waals surface area contributed by atoms with Crippen LogP contribution in [0.5, 0.6) is 0 Å². The van der Waals surface area contributed by atoms with Gasteiger partial charge in [-0.15, -0.1) is 10.2 Å². The molecule has 0 spiro atoms. The van der Waals surface area contributed by atoms with E-state index in [-0.39, 0.29) is 17.4 Å². The van der Waals surface area contributed by atoms with Crippen molar-refractivity contribution in [3.05, 3.63) is 101 Å². The molecule has 6 heteroatoms. The van der Waals surface area contributed by atoms with Crippen molar-refractivity contribution in [2.75, 3.05) is 5.75 Å². The number of carbonyl (C=O) groups is 1. The minimum Gasteiger partial charge on any atom is -0.302 e. The van der Waals surface area contributed by atoms with Gasteiger partial charge in [0.15, 0.2) is 16.8 Å². The zero-order valence-corrected chi connectivity index (χ0v) is 21.1. The van der Waals surface area contributed by atoms with Crippen LogP contribution in [-0.4, -0.2) is 26.3 Å². The quantitative estimate of drug-likeness (QED) is 0.178. The minimum absolute atomic E-state index is 0.0558. The van der Waals surface area contributed by atoms with Crippen LogP contribution in [0.3, 0.4) is 0 Å². The predicted octanol–water partition coefficient (Wildman–Crippen LogP) is 7.35. The van der Waals surface area contributed by atoms with E-state index in [1.54, 1.807) is 18.2 Å². The lowest BCUT2D eigenvalue weighted by Crippen LogP contribution is -2.09. The maximum atomic E-state index is 14.6. The summed E-state index contributed by atoms with van der Waals surface area (Å²) in [6.07, 6.45) is 7.16. The Morgan fingerprint density at radius 2 is 1.61 bits per heavy atom. The van der Waals surface area contributed by atoms with Crippen LogP contribution < -0.4 is 0 Å². The van der Waals surface area contributed by atoms with Gasteiger partial charge in [-0.2, -0.15) is 0 Å². The highest BCUT2D eigenvalue weighted by Gasteiger charge is 2.19. The fourth-order valence-electron chi connectivity index (χ4n) is 4.91. The summed E-state index contributed by atoms with van der Waals surface area (Å²) in [6, 6.07) is 24.9. The van der Waals surface area contributed by atoms with Crippen molar-refractivity contribution in [3.63, 3.8) is 0 Å². The number of nitrogens with zero attached hydrogens (tertiary/aromatic N) is 3. The summed E-state index contributed by atoms with van der Waals surface area (Å²) >= 11 is 1.36. The molecule has 0 unspecified atom stereocenters. The number of halogens is 1. The number of rotatable bonds is 9. The van der Waals surface area contributed by atoms with Gasteiger partial charge < -0.3 is 4.57 Å². The third kappa shape index (κ3) is 5.76. The number of aromatic nitrogens is 3. The molecule has 0 atom stereocenters. The van der Waals surface area contributed by atoms with Gasteiger partial charge in [0, 0.05) is 12.1 Å². The molecule has 0 N–H and O–H groups in total. The van der Waals surface area contributed by atoms with E-state index in [1.807, 2.05) is 34.9 Å². The predicted molar refractivity (Wildman–Crippen MR) is 143 cm³/mol. The third-order valence-corrected chi connectivity index (χ3v) is 7.91. The molecule has 1 aromatic heterocycles. The Morgan fingerprint density at radius 1 is 0.889 bits per heavy atom. The molecule has 0 bridgehead atoms. The lowest BCUT2D eigenvalue weighted by atomic mass is 9.84.